The molecular weight excluding hydrogens is 244 g/mol. The standard InChI is InChI=1S/C14H16N2OS/c1-2-9-18-10-8-16-14(17)13(11-15)12-6-4-3-5-7-12/h2-7,13H,1,8-10H2,(H,16,17). The van der Waals surface area contributed by atoms with Gasteiger partial charge < -0.3 is 5.32 Å². The first-order valence-electron chi connectivity index (χ1n) is 5.70. The number of amides is 1. The molecule has 1 rings (SSSR count). The zero-order valence-electron chi connectivity index (χ0n) is 10.1. The molecule has 1 amide bonds. The Morgan fingerprint density at radius 1 is 1.50 bits per heavy atom. The van der Waals surface area contributed by atoms with Gasteiger partial charge >= 0.3 is 0 Å². The summed E-state index contributed by atoms with van der Waals surface area (Å²) in [5, 5.41) is 11.8. The predicted octanol–water partition coefficient (Wildman–Crippen LogP) is 2.33. The zero-order chi connectivity index (χ0) is 13.2. The Hall–Kier alpha value is -1.73. The van der Waals surface area contributed by atoms with Crippen molar-refractivity contribution >= 4 is 17.7 Å². The largest absolute Gasteiger partial charge is 0.354 e. The van der Waals surface area contributed by atoms with Crippen LogP contribution in [0.5, 0.6) is 0 Å². The van der Waals surface area contributed by atoms with Crippen LogP contribution in [0, 0.1) is 11.3 Å². The highest BCUT2D eigenvalue weighted by Crippen LogP contribution is 2.14. The van der Waals surface area contributed by atoms with E-state index in [-0.39, 0.29) is 5.91 Å². The van der Waals surface area contributed by atoms with E-state index in [0.717, 1.165) is 17.1 Å². The van der Waals surface area contributed by atoms with Gasteiger partial charge in [0.1, 0.15) is 5.92 Å². The van der Waals surface area contributed by atoms with Crippen molar-refractivity contribution in [2.45, 2.75) is 5.92 Å². The maximum atomic E-state index is 11.8. The van der Waals surface area contributed by atoms with Crippen LogP contribution in [0.25, 0.3) is 0 Å². The Kier molecular flexibility index (Phi) is 6.67. The van der Waals surface area contributed by atoms with Crippen molar-refractivity contribution in [1.82, 2.24) is 5.32 Å². The highest BCUT2D eigenvalue weighted by atomic mass is 32.2. The van der Waals surface area contributed by atoms with Gasteiger partial charge in [0.25, 0.3) is 0 Å². The number of nitrogens with one attached hydrogen (secondary N) is 1. The molecule has 1 N–H and O–H groups in total. The molecule has 18 heavy (non-hydrogen) atoms. The topological polar surface area (TPSA) is 52.9 Å². The lowest BCUT2D eigenvalue weighted by Gasteiger charge is -2.10. The Bertz CT molecular complexity index is 425. The summed E-state index contributed by atoms with van der Waals surface area (Å²) in [7, 11) is 0. The Labute approximate surface area is 112 Å². The fourth-order valence-electron chi connectivity index (χ4n) is 1.45. The third-order valence-electron chi connectivity index (χ3n) is 2.31. The molecule has 3 nitrogen and oxygen atoms in total. The van der Waals surface area contributed by atoms with Crippen molar-refractivity contribution in [2.24, 2.45) is 0 Å². The molecule has 94 valence electrons. The van der Waals surface area contributed by atoms with Crippen LogP contribution in [0.15, 0.2) is 43.0 Å². The van der Waals surface area contributed by atoms with Gasteiger partial charge in [-0.15, -0.1) is 6.58 Å². The number of hydrogen-bond acceptors (Lipinski definition) is 3. The molecule has 0 heterocycles. The fraction of sp³-hybridized carbons (Fsp3) is 0.286. The van der Waals surface area contributed by atoms with Crippen molar-refractivity contribution in [3.63, 3.8) is 0 Å². The molecule has 1 aromatic rings. The monoisotopic (exact) mass is 260 g/mol. The first-order valence-corrected chi connectivity index (χ1v) is 6.86. The maximum absolute atomic E-state index is 11.8. The minimum absolute atomic E-state index is 0.233. The van der Waals surface area contributed by atoms with E-state index in [1.807, 2.05) is 30.3 Å². The highest BCUT2D eigenvalue weighted by Gasteiger charge is 2.18. The summed E-state index contributed by atoms with van der Waals surface area (Å²) in [6.45, 7) is 4.20. The van der Waals surface area contributed by atoms with Crippen molar-refractivity contribution in [3.8, 4) is 6.07 Å². The maximum Gasteiger partial charge on any atom is 0.241 e. The molecule has 0 saturated carbocycles. The molecule has 0 aliphatic carbocycles. The molecule has 0 radical (unpaired) electrons. The summed E-state index contributed by atoms with van der Waals surface area (Å²) in [6, 6.07) is 11.1. The summed E-state index contributed by atoms with van der Waals surface area (Å²) in [5.74, 6) is 0.736. The van der Waals surface area contributed by atoms with Crippen molar-refractivity contribution in [1.29, 1.82) is 5.26 Å². The zero-order valence-corrected chi connectivity index (χ0v) is 11.0. The van der Waals surface area contributed by atoms with Crippen molar-refractivity contribution in [2.75, 3.05) is 18.1 Å². The van der Waals surface area contributed by atoms with Crippen LogP contribution >= 0.6 is 11.8 Å². The van der Waals surface area contributed by atoms with E-state index in [9.17, 15) is 4.79 Å². The van der Waals surface area contributed by atoms with E-state index in [1.54, 1.807) is 23.9 Å². The van der Waals surface area contributed by atoms with Crippen LogP contribution in [0.4, 0.5) is 0 Å². The Morgan fingerprint density at radius 3 is 2.83 bits per heavy atom. The van der Waals surface area contributed by atoms with Crippen LogP contribution in [0.1, 0.15) is 11.5 Å². The van der Waals surface area contributed by atoms with E-state index in [0.29, 0.717) is 6.54 Å². The molecule has 4 heteroatoms. The van der Waals surface area contributed by atoms with Crippen LogP contribution in [-0.4, -0.2) is 24.0 Å². The minimum atomic E-state index is -0.726. The number of carbonyl (C=O) groups excluding carboxylic acids is 1. The first-order chi connectivity index (χ1) is 8.79. The number of thioether (sulfide) groups is 1. The van der Waals surface area contributed by atoms with Crippen LogP contribution in [-0.2, 0) is 4.79 Å². The number of carbonyl (C=O) groups is 1. The summed E-state index contributed by atoms with van der Waals surface area (Å²) in [5.41, 5.74) is 0.733. The average molecular weight is 260 g/mol. The second kappa shape index (κ2) is 8.37. The molecule has 1 unspecified atom stereocenters. The minimum Gasteiger partial charge on any atom is -0.354 e. The molecule has 0 spiro atoms. The average Bonchev–Trinajstić information content (AvgIpc) is 2.40. The second-order valence-corrected chi connectivity index (χ2v) is 4.78. The number of benzene rings is 1. The molecule has 1 aromatic carbocycles. The Morgan fingerprint density at radius 2 is 2.22 bits per heavy atom. The smallest absolute Gasteiger partial charge is 0.241 e. The third-order valence-corrected chi connectivity index (χ3v) is 3.27. The number of nitriles is 1. The van der Waals surface area contributed by atoms with Gasteiger partial charge in [0.05, 0.1) is 6.07 Å². The van der Waals surface area contributed by atoms with Gasteiger partial charge in [-0.25, -0.2) is 0 Å². The van der Waals surface area contributed by atoms with Gasteiger partial charge in [0.15, 0.2) is 0 Å². The van der Waals surface area contributed by atoms with Gasteiger partial charge in [-0.05, 0) is 5.56 Å². The molecule has 0 aromatic heterocycles. The fourth-order valence-corrected chi connectivity index (χ4v) is 2.02. The predicted molar refractivity (Wildman–Crippen MR) is 75.3 cm³/mol. The summed E-state index contributed by atoms with van der Waals surface area (Å²) in [4.78, 5) is 11.8. The van der Waals surface area contributed by atoms with E-state index in [2.05, 4.69) is 11.9 Å². The highest BCUT2D eigenvalue weighted by molar-refractivity contribution is 7.99. The quantitative estimate of drug-likeness (QED) is 0.604. The Balaban J connectivity index is 2.44. The normalized spacial score (nSPS) is 11.3. The first kappa shape index (κ1) is 14.3. The summed E-state index contributed by atoms with van der Waals surface area (Å²) >= 11 is 1.69. The van der Waals surface area contributed by atoms with Crippen LogP contribution in [0.3, 0.4) is 0 Å². The SMILES string of the molecule is C=CCSCCNC(=O)C(C#N)c1ccccc1. The van der Waals surface area contributed by atoms with Gasteiger partial charge in [0, 0.05) is 18.1 Å². The summed E-state index contributed by atoms with van der Waals surface area (Å²) < 4.78 is 0. The molecule has 1 atom stereocenters. The van der Waals surface area contributed by atoms with Gasteiger partial charge in [-0.2, -0.15) is 17.0 Å². The molecule has 0 aliphatic rings. The van der Waals surface area contributed by atoms with Crippen LogP contribution in [0.2, 0.25) is 0 Å². The van der Waals surface area contributed by atoms with Gasteiger partial charge in [-0.3, -0.25) is 4.79 Å². The van der Waals surface area contributed by atoms with Crippen molar-refractivity contribution < 1.29 is 4.79 Å². The molecule has 0 fully saturated rings. The molecule has 0 aliphatic heterocycles. The second-order valence-electron chi connectivity index (χ2n) is 3.63. The summed E-state index contributed by atoms with van der Waals surface area (Å²) in [6.07, 6.45) is 1.83. The molecule has 0 saturated heterocycles. The van der Waals surface area contributed by atoms with Gasteiger partial charge in [0.2, 0.25) is 5.91 Å². The third kappa shape index (κ3) is 4.64. The van der Waals surface area contributed by atoms with Crippen LogP contribution < -0.4 is 5.32 Å². The van der Waals surface area contributed by atoms with E-state index in [4.69, 9.17) is 5.26 Å². The lowest BCUT2D eigenvalue weighted by molar-refractivity contribution is -0.121. The van der Waals surface area contributed by atoms with E-state index < -0.39 is 5.92 Å². The number of rotatable bonds is 7. The van der Waals surface area contributed by atoms with E-state index in [1.165, 1.54) is 0 Å². The molecule has 0 bridgehead atoms. The molecular formula is C14H16N2OS. The van der Waals surface area contributed by atoms with Gasteiger partial charge in [-0.1, -0.05) is 36.4 Å². The number of nitrogens with zero attached hydrogens (tertiary/aromatic N) is 1. The lowest BCUT2D eigenvalue weighted by Crippen LogP contribution is -2.30. The lowest BCUT2D eigenvalue weighted by atomic mass is 10.00. The van der Waals surface area contributed by atoms with E-state index >= 15 is 0 Å². The van der Waals surface area contributed by atoms with Crippen molar-refractivity contribution in [3.05, 3.63) is 48.6 Å². The number of hydrogen-bond donors (Lipinski definition) is 1.